The van der Waals surface area contributed by atoms with E-state index in [0.29, 0.717) is 18.4 Å². The minimum atomic E-state index is -0.233. The number of para-hydroxylation sites is 1. The molecule has 0 spiro atoms. The molecule has 3 aromatic carbocycles. The number of carbonyl (C=O) groups excluding carboxylic acids is 1. The first-order valence-electron chi connectivity index (χ1n) is 10.1. The van der Waals surface area contributed by atoms with Crippen molar-refractivity contribution in [2.24, 2.45) is 0 Å². The predicted molar refractivity (Wildman–Crippen MR) is 118 cm³/mol. The predicted octanol–water partition coefficient (Wildman–Crippen LogP) is 3.58. The van der Waals surface area contributed by atoms with Crippen LogP contribution >= 0.6 is 0 Å². The van der Waals surface area contributed by atoms with Crippen LogP contribution in [0.25, 0.3) is 10.8 Å². The Kier molecular flexibility index (Phi) is 4.64. The van der Waals surface area contributed by atoms with Gasteiger partial charge in [0.25, 0.3) is 5.56 Å². The van der Waals surface area contributed by atoms with Gasteiger partial charge in [-0.1, -0.05) is 66.7 Å². The van der Waals surface area contributed by atoms with Gasteiger partial charge in [-0.3, -0.25) is 9.59 Å². The van der Waals surface area contributed by atoms with E-state index in [4.69, 9.17) is 0 Å². The lowest BCUT2D eigenvalue weighted by Gasteiger charge is -2.18. The van der Waals surface area contributed by atoms with Crippen molar-refractivity contribution in [1.82, 2.24) is 9.78 Å². The Morgan fingerprint density at radius 2 is 1.57 bits per heavy atom. The molecule has 0 saturated carbocycles. The van der Waals surface area contributed by atoms with Crippen molar-refractivity contribution in [2.45, 2.75) is 19.4 Å². The molecule has 0 fully saturated rings. The van der Waals surface area contributed by atoms with Crippen molar-refractivity contribution in [3.8, 4) is 0 Å². The highest BCUT2D eigenvalue weighted by Gasteiger charge is 2.25. The van der Waals surface area contributed by atoms with Crippen LogP contribution in [0.3, 0.4) is 0 Å². The highest BCUT2D eigenvalue weighted by molar-refractivity contribution is 5.95. The minimum Gasteiger partial charge on any atom is -0.310 e. The Morgan fingerprint density at radius 3 is 2.40 bits per heavy atom. The van der Waals surface area contributed by atoms with Gasteiger partial charge in [0.15, 0.2) is 0 Å². The van der Waals surface area contributed by atoms with E-state index in [1.807, 2.05) is 72.8 Å². The molecule has 1 aliphatic rings. The van der Waals surface area contributed by atoms with E-state index in [1.165, 1.54) is 4.68 Å². The number of fused-ring (bicyclic) bond motifs is 2. The van der Waals surface area contributed by atoms with Crippen LogP contribution in [0.5, 0.6) is 0 Å². The van der Waals surface area contributed by atoms with Crippen LogP contribution in [0.15, 0.2) is 83.7 Å². The lowest BCUT2D eigenvalue weighted by molar-refractivity contribution is -0.119. The summed E-state index contributed by atoms with van der Waals surface area (Å²) in [5, 5.41) is 6.05. The van der Waals surface area contributed by atoms with Gasteiger partial charge < -0.3 is 4.90 Å². The van der Waals surface area contributed by atoms with Gasteiger partial charge in [-0.05, 0) is 29.7 Å². The zero-order chi connectivity index (χ0) is 20.5. The maximum Gasteiger partial charge on any atom is 0.275 e. The van der Waals surface area contributed by atoms with E-state index >= 15 is 0 Å². The molecule has 0 N–H and O–H groups in total. The van der Waals surface area contributed by atoms with Crippen LogP contribution in [-0.4, -0.2) is 22.2 Å². The Bertz CT molecular complexity index is 1290. The quantitative estimate of drug-likeness (QED) is 0.531. The average molecular weight is 395 g/mol. The van der Waals surface area contributed by atoms with Crippen molar-refractivity contribution < 1.29 is 4.79 Å². The molecule has 5 rings (SSSR count). The summed E-state index contributed by atoms with van der Waals surface area (Å²) in [7, 11) is 0. The monoisotopic (exact) mass is 395 g/mol. The van der Waals surface area contributed by atoms with Crippen molar-refractivity contribution in [3.63, 3.8) is 0 Å². The van der Waals surface area contributed by atoms with Crippen LogP contribution in [0, 0.1) is 0 Å². The molecule has 30 heavy (non-hydrogen) atoms. The van der Waals surface area contributed by atoms with E-state index in [9.17, 15) is 9.59 Å². The van der Waals surface area contributed by atoms with Crippen LogP contribution in [0.1, 0.15) is 16.8 Å². The summed E-state index contributed by atoms with van der Waals surface area (Å²) in [5.41, 5.74) is 3.77. The number of amides is 1. The maximum atomic E-state index is 13.1. The first kappa shape index (κ1) is 18.3. The molecular weight excluding hydrogens is 374 g/mol. The fourth-order valence-corrected chi connectivity index (χ4v) is 4.14. The first-order valence-corrected chi connectivity index (χ1v) is 10.1. The van der Waals surface area contributed by atoms with Gasteiger partial charge in [0.05, 0.1) is 11.1 Å². The number of nitrogens with zero attached hydrogens (tertiary/aromatic N) is 3. The lowest BCUT2D eigenvalue weighted by atomic mass is 10.0. The largest absolute Gasteiger partial charge is 0.310 e. The summed E-state index contributed by atoms with van der Waals surface area (Å²) >= 11 is 0. The number of hydrogen-bond acceptors (Lipinski definition) is 3. The Balaban J connectivity index is 1.52. The van der Waals surface area contributed by atoms with Crippen molar-refractivity contribution >= 4 is 22.4 Å². The average Bonchev–Trinajstić information content (AvgIpc) is 3.22. The smallest absolute Gasteiger partial charge is 0.275 e. The molecule has 0 unspecified atom stereocenters. The fraction of sp³-hybridized carbons (Fsp3) is 0.160. The molecule has 148 valence electrons. The van der Waals surface area contributed by atoms with Gasteiger partial charge in [-0.2, -0.15) is 5.10 Å². The van der Waals surface area contributed by atoms with E-state index in [-0.39, 0.29) is 18.0 Å². The molecule has 5 nitrogen and oxygen atoms in total. The second-order valence-corrected chi connectivity index (χ2v) is 7.54. The van der Waals surface area contributed by atoms with Crippen LogP contribution in [0.2, 0.25) is 0 Å². The first-order chi connectivity index (χ1) is 14.7. The third-order valence-electron chi connectivity index (χ3n) is 5.63. The summed E-state index contributed by atoms with van der Waals surface area (Å²) in [6.07, 6.45) is 1.43. The van der Waals surface area contributed by atoms with Crippen molar-refractivity contribution in [1.29, 1.82) is 0 Å². The molecule has 1 aromatic heterocycles. The zero-order valence-electron chi connectivity index (χ0n) is 16.5. The molecule has 4 aromatic rings. The van der Waals surface area contributed by atoms with Crippen LogP contribution < -0.4 is 10.5 Å². The van der Waals surface area contributed by atoms with Crippen LogP contribution in [0.4, 0.5) is 5.69 Å². The molecule has 1 amide bonds. The molecule has 0 radical (unpaired) electrons. The summed E-state index contributed by atoms with van der Waals surface area (Å²) in [5.74, 6) is -0.115. The highest BCUT2D eigenvalue weighted by Crippen LogP contribution is 2.27. The molecule has 0 atom stereocenters. The van der Waals surface area contributed by atoms with E-state index in [0.717, 1.165) is 34.3 Å². The Labute approximate surface area is 174 Å². The van der Waals surface area contributed by atoms with Crippen molar-refractivity contribution in [3.05, 3.63) is 106 Å². The van der Waals surface area contributed by atoms with Gasteiger partial charge in [0.1, 0.15) is 6.54 Å². The van der Waals surface area contributed by atoms with E-state index < -0.39 is 0 Å². The Hall–Kier alpha value is -3.73. The number of rotatable bonds is 4. The van der Waals surface area contributed by atoms with Gasteiger partial charge in [0, 0.05) is 24.0 Å². The number of aromatic nitrogens is 2. The molecule has 1 aliphatic heterocycles. The van der Waals surface area contributed by atoms with Gasteiger partial charge >= 0.3 is 0 Å². The number of carbonyl (C=O) groups is 1. The number of anilines is 1. The lowest BCUT2D eigenvalue weighted by Crippen LogP contribution is -2.37. The normalized spacial score (nSPS) is 12.9. The molecule has 0 aliphatic carbocycles. The third kappa shape index (κ3) is 3.28. The second kappa shape index (κ2) is 7.59. The topological polar surface area (TPSA) is 55.2 Å². The number of benzene rings is 3. The zero-order valence-corrected chi connectivity index (χ0v) is 16.5. The van der Waals surface area contributed by atoms with Gasteiger partial charge in [-0.25, -0.2) is 4.68 Å². The molecular formula is C25H21N3O2. The minimum absolute atomic E-state index is 0.0697. The molecule has 0 bridgehead atoms. The third-order valence-corrected chi connectivity index (χ3v) is 5.63. The van der Waals surface area contributed by atoms with E-state index in [2.05, 4.69) is 5.10 Å². The second-order valence-electron chi connectivity index (χ2n) is 7.54. The Morgan fingerprint density at radius 1 is 0.867 bits per heavy atom. The van der Waals surface area contributed by atoms with Gasteiger partial charge in [-0.15, -0.1) is 0 Å². The molecule has 5 heteroatoms. The van der Waals surface area contributed by atoms with Gasteiger partial charge in [0.2, 0.25) is 5.91 Å². The highest BCUT2D eigenvalue weighted by atomic mass is 16.2. The SMILES string of the molecule is O=C(Cn1nc(Cc2ccccc2)c2ccccc2c1=O)N1CCc2ccccc21. The summed E-state index contributed by atoms with van der Waals surface area (Å²) < 4.78 is 1.32. The standard InChI is InChI=1S/C25H21N3O2/c29-24(27-15-14-19-10-4-7-13-23(19)27)17-28-25(30)21-12-6-5-11-20(21)22(26-28)16-18-8-2-1-3-9-18/h1-13H,14-17H2. The maximum absolute atomic E-state index is 13.1. The molecule has 2 heterocycles. The molecule has 0 saturated heterocycles. The summed E-state index contributed by atoms with van der Waals surface area (Å²) in [4.78, 5) is 27.9. The van der Waals surface area contributed by atoms with E-state index in [1.54, 1.807) is 11.0 Å². The fourth-order valence-electron chi connectivity index (χ4n) is 4.14. The summed E-state index contributed by atoms with van der Waals surface area (Å²) in [6, 6.07) is 25.4. The van der Waals surface area contributed by atoms with Crippen molar-refractivity contribution in [2.75, 3.05) is 11.4 Å². The summed E-state index contributed by atoms with van der Waals surface area (Å²) in [6.45, 7) is 0.567. The number of hydrogen-bond donors (Lipinski definition) is 0. The van der Waals surface area contributed by atoms with Crippen LogP contribution in [-0.2, 0) is 24.2 Å².